The number of aryl methyl sites for hydroxylation is 1. The van der Waals surface area contributed by atoms with Crippen molar-refractivity contribution in [3.05, 3.63) is 42.1 Å². The minimum absolute atomic E-state index is 0.647. The number of fused-ring (bicyclic) bond motifs is 1. The molecule has 0 atom stereocenters. The molecule has 0 bridgehead atoms. The Morgan fingerprint density at radius 1 is 1.10 bits per heavy atom. The van der Waals surface area contributed by atoms with Crippen molar-refractivity contribution in [2.24, 2.45) is 0 Å². The molecule has 3 aromatic rings. The van der Waals surface area contributed by atoms with Gasteiger partial charge in [-0.3, -0.25) is 4.40 Å². The van der Waals surface area contributed by atoms with E-state index in [1.807, 2.05) is 49.8 Å². The van der Waals surface area contributed by atoms with Crippen molar-refractivity contribution in [1.29, 1.82) is 0 Å². The van der Waals surface area contributed by atoms with Crippen LogP contribution in [0.2, 0.25) is 0 Å². The summed E-state index contributed by atoms with van der Waals surface area (Å²) >= 11 is 0. The summed E-state index contributed by atoms with van der Waals surface area (Å²) in [5.41, 5.74) is 10.6. The Balaban J connectivity index is 2.14. The number of nitrogens with two attached hydrogens (primary N) is 1. The second-order valence-corrected chi connectivity index (χ2v) is 5.13. The smallest absolute Gasteiger partial charge is 0.184 e. The van der Waals surface area contributed by atoms with Crippen molar-refractivity contribution >= 4 is 17.0 Å². The molecule has 3 rings (SSSR count). The SMILES string of the molecule is Cc1cc(N)c2nnc(-c3ccc(N(C)C)cc3)n2c1. The normalized spacial score (nSPS) is 10.9. The minimum Gasteiger partial charge on any atom is -0.396 e. The fourth-order valence-corrected chi connectivity index (χ4v) is 2.27. The molecule has 0 amide bonds. The zero-order valence-corrected chi connectivity index (χ0v) is 11.8. The Labute approximate surface area is 117 Å². The molecule has 5 heteroatoms. The summed E-state index contributed by atoms with van der Waals surface area (Å²) in [6.07, 6.45) is 2.00. The molecule has 0 saturated carbocycles. The van der Waals surface area contributed by atoms with Crippen molar-refractivity contribution in [2.75, 3.05) is 24.7 Å². The Morgan fingerprint density at radius 2 is 1.80 bits per heavy atom. The molecule has 2 heterocycles. The van der Waals surface area contributed by atoms with Crippen LogP contribution in [0.1, 0.15) is 5.56 Å². The second kappa shape index (κ2) is 4.52. The highest BCUT2D eigenvalue weighted by atomic mass is 15.3. The van der Waals surface area contributed by atoms with E-state index in [4.69, 9.17) is 5.73 Å². The molecule has 0 aliphatic carbocycles. The van der Waals surface area contributed by atoms with E-state index in [1.165, 1.54) is 0 Å². The molecule has 0 saturated heterocycles. The quantitative estimate of drug-likeness (QED) is 0.774. The number of hydrogen-bond donors (Lipinski definition) is 1. The predicted octanol–water partition coefficient (Wildman–Crippen LogP) is 2.35. The lowest BCUT2D eigenvalue weighted by Crippen LogP contribution is -2.08. The first kappa shape index (κ1) is 12.5. The number of rotatable bonds is 2. The summed E-state index contributed by atoms with van der Waals surface area (Å²) in [5, 5.41) is 8.43. The van der Waals surface area contributed by atoms with Crippen molar-refractivity contribution in [2.45, 2.75) is 6.92 Å². The Hall–Kier alpha value is -2.56. The van der Waals surface area contributed by atoms with Gasteiger partial charge in [0.15, 0.2) is 11.5 Å². The lowest BCUT2D eigenvalue weighted by atomic mass is 10.2. The monoisotopic (exact) mass is 267 g/mol. The van der Waals surface area contributed by atoms with Crippen molar-refractivity contribution in [1.82, 2.24) is 14.6 Å². The van der Waals surface area contributed by atoms with Gasteiger partial charge in [-0.05, 0) is 42.8 Å². The molecule has 20 heavy (non-hydrogen) atoms. The van der Waals surface area contributed by atoms with Crippen LogP contribution in [-0.2, 0) is 0 Å². The molecule has 5 nitrogen and oxygen atoms in total. The molecular weight excluding hydrogens is 250 g/mol. The molecule has 0 radical (unpaired) electrons. The van der Waals surface area contributed by atoms with E-state index in [1.54, 1.807) is 0 Å². The summed E-state index contributed by atoms with van der Waals surface area (Å²) in [7, 11) is 4.04. The van der Waals surface area contributed by atoms with Gasteiger partial charge < -0.3 is 10.6 Å². The Kier molecular flexibility index (Phi) is 2.82. The van der Waals surface area contributed by atoms with Crippen LogP contribution in [0.15, 0.2) is 36.5 Å². The largest absolute Gasteiger partial charge is 0.396 e. The third kappa shape index (κ3) is 1.97. The molecule has 0 aliphatic heterocycles. The summed E-state index contributed by atoms with van der Waals surface area (Å²) in [4.78, 5) is 2.06. The van der Waals surface area contributed by atoms with Crippen LogP contribution >= 0.6 is 0 Å². The molecule has 0 spiro atoms. The number of pyridine rings is 1. The second-order valence-electron chi connectivity index (χ2n) is 5.13. The van der Waals surface area contributed by atoms with Crippen molar-refractivity contribution in [3.8, 4) is 11.4 Å². The van der Waals surface area contributed by atoms with E-state index in [9.17, 15) is 0 Å². The van der Waals surface area contributed by atoms with Gasteiger partial charge in [0.25, 0.3) is 0 Å². The average Bonchev–Trinajstić information content (AvgIpc) is 2.82. The molecule has 1 aromatic carbocycles. The summed E-state index contributed by atoms with van der Waals surface area (Å²) in [5.74, 6) is 0.806. The molecule has 2 aromatic heterocycles. The number of anilines is 2. The van der Waals surface area contributed by atoms with Crippen LogP contribution in [0, 0.1) is 6.92 Å². The first-order valence-corrected chi connectivity index (χ1v) is 6.45. The molecule has 0 fully saturated rings. The van der Waals surface area contributed by atoms with Gasteiger partial charge >= 0.3 is 0 Å². The van der Waals surface area contributed by atoms with Crippen molar-refractivity contribution < 1.29 is 0 Å². The van der Waals surface area contributed by atoms with E-state index in [2.05, 4.69) is 27.2 Å². The third-order valence-electron chi connectivity index (χ3n) is 3.31. The van der Waals surface area contributed by atoms with Gasteiger partial charge in [-0.25, -0.2) is 0 Å². The highest BCUT2D eigenvalue weighted by molar-refractivity contribution is 5.70. The lowest BCUT2D eigenvalue weighted by Gasteiger charge is -2.12. The first-order chi connectivity index (χ1) is 9.56. The number of benzene rings is 1. The van der Waals surface area contributed by atoms with Gasteiger partial charge in [0.05, 0.1) is 5.69 Å². The number of nitrogen functional groups attached to an aromatic ring is 1. The van der Waals surface area contributed by atoms with E-state index >= 15 is 0 Å². The van der Waals surface area contributed by atoms with Crippen LogP contribution in [-0.4, -0.2) is 28.7 Å². The molecule has 2 N–H and O–H groups in total. The van der Waals surface area contributed by atoms with Crippen LogP contribution in [0.3, 0.4) is 0 Å². The highest BCUT2D eigenvalue weighted by Gasteiger charge is 2.10. The van der Waals surface area contributed by atoms with Crippen LogP contribution < -0.4 is 10.6 Å². The standard InChI is InChI=1S/C15H17N5/c1-10-8-13(16)15-18-17-14(20(15)9-10)11-4-6-12(7-5-11)19(2)3/h4-9H,16H2,1-3H3. The highest BCUT2D eigenvalue weighted by Crippen LogP contribution is 2.24. The lowest BCUT2D eigenvalue weighted by molar-refractivity contribution is 1.10. The van der Waals surface area contributed by atoms with Gasteiger partial charge in [-0.1, -0.05) is 0 Å². The topological polar surface area (TPSA) is 59.5 Å². The van der Waals surface area contributed by atoms with Gasteiger partial charge in [0.1, 0.15) is 0 Å². The Bertz CT molecular complexity index is 756. The van der Waals surface area contributed by atoms with E-state index in [-0.39, 0.29) is 0 Å². The van der Waals surface area contributed by atoms with E-state index in [0.717, 1.165) is 22.6 Å². The van der Waals surface area contributed by atoms with Crippen LogP contribution in [0.25, 0.3) is 17.0 Å². The van der Waals surface area contributed by atoms with Crippen molar-refractivity contribution in [3.63, 3.8) is 0 Å². The van der Waals surface area contributed by atoms with E-state index in [0.29, 0.717) is 11.3 Å². The van der Waals surface area contributed by atoms with Crippen LogP contribution in [0.5, 0.6) is 0 Å². The number of aromatic nitrogens is 3. The molecule has 0 aliphatic rings. The fraction of sp³-hybridized carbons (Fsp3) is 0.200. The molecule has 0 unspecified atom stereocenters. The fourth-order valence-electron chi connectivity index (χ4n) is 2.27. The summed E-state index contributed by atoms with van der Waals surface area (Å²) in [6, 6.07) is 10.1. The maximum Gasteiger partial charge on any atom is 0.184 e. The summed E-state index contributed by atoms with van der Waals surface area (Å²) < 4.78 is 1.94. The number of nitrogens with zero attached hydrogens (tertiary/aromatic N) is 4. The minimum atomic E-state index is 0.647. The van der Waals surface area contributed by atoms with E-state index < -0.39 is 0 Å². The van der Waals surface area contributed by atoms with Gasteiger partial charge in [0, 0.05) is 31.5 Å². The summed E-state index contributed by atoms with van der Waals surface area (Å²) in [6.45, 7) is 2.01. The van der Waals surface area contributed by atoms with Crippen LogP contribution in [0.4, 0.5) is 11.4 Å². The zero-order valence-electron chi connectivity index (χ0n) is 11.8. The molecular formula is C15H17N5. The Morgan fingerprint density at radius 3 is 2.45 bits per heavy atom. The molecule has 102 valence electrons. The zero-order chi connectivity index (χ0) is 14.3. The third-order valence-corrected chi connectivity index (χ3v) is 3.31. The van der Waals surface area contributed by atoms with Gasteiger partial charge in [-0.2, -0.15) is 0 Å². The average molecular weight is 267 g/mol. The van der Waals surface area contributed by atoms with Gasteiger partial charge in [-0.15, -0.1) is 10.2 Å². The maximum absolute atomic E-state index is 5.98. The van der Waals surface area contributed by atoms with Gasteiger partial charge in [0.2, 0.25) is 0 Å². The first-order valence-electron chi connectivity index (χ1n) is 6.45. The predicted molar refractivity (Wildman–Crippen MR) is 81.9 cm³/mol. The maximum atomic E-state index is 5.98. The number of hydrogen-bond acceptors (Lipinski definition) is 4.